The number of hydrogen-bond donors (Lipinski definition) is 2. The monoisotopic (exact) mass is 486 g/mol. The number of methoxy groups -OCH3 is 1. The summed E-state index contributed by atoms with van der Waals surface area (Å²) in [5.41, 5.74) is 0.886. The van der Waals surface area contributed by atoms with Crippen LogP contribution in [-0.4, -0.2) is 58.4 Å². The number of halogens is 2. The molecule has 0 radical (unpaired) electrons. The van der Waals surface area contributed by atoms with Crippen molar-refractivity contribution in [2.24, 2.45) is 0 Å². The van der Waals surface area contributed by atoms with Crippen LogP contribution in [0, 0.1) is 5.82 Å². The highest BCUT2D eigenvalue weighted by molar-refractivity contribution is 6.31. The van der Waals surface area contributed by atoms with Crippen LogP contribution in [0.5, 0.6) is 11.5 Å². The van der Waals surface area contributed by atoms with Crippen LogP contribution >= 0.6 is 11.6 Å². The predicted octanol–water partition coefficient (Wildman–Crippen LogP) is 4.93. The molecule has 0 bridgehead atoms. The summed E-state index contributed by atoms with van der Waals surface area (Å²) in [6.45, 7) is 1.75. The third-order valence-corrected chi connectivity index (χ3v) is 7.07. The van der Waals surface area contributed by atoms with Gasteiger partial charge in [0.25, 0.3) is 0 Å². The smallest absolute Gasteiger partial charge is 0.165 e. The van der Waals surface area contributed by atoms with Gasteiger partial charge in [0.05, 0.1) is 35.5 Å². The Hall–Kier alpha value is -2.68. The van der Waals surface area contributed by atoms with Crippen LogP contribution < -0.4 is 14.8 Å². The fraction of sp³-hybridized carbons (Fsp3) is 0.440. The van der Waals surface area contributed by atoms with Crippen LogP contribution in [0.3, 0.4) is 0 Å². The maximum atomic E-state index is 14.5. The maximum absolute atomic E-state index is 14.5. The molecular formula is C25H28ClFN4O3. The molecule has 180 valence electrons. The number of anilines is 2. The van der Waals surface area contributed by atoms with Crippen molar-refractivity contribution in [1.82, 2.24) is 14.9 Å². The lowest BCUT2D eigenvalue weighted by atomic mass is 9.92. The summed E-state index contributed by atoms with van der Waals surface area (Å²) >= 11 is 5.93. The van der Waals surface area contributed by atoms with Crippen LogP contribution in [-0.2, 0) is 0 Å². The van der Waals surface area contributed by atoms with Crippen LogP contribution in [0.4, 0.5) is 15.9 Å². The number of fused-ring (bicyclic) bond motifs is 1. The van der Waals surface area contributed by atoms with Crippen LogP contribution in [0.1, 0.15) is 32.1 Å². The highest BCUT2D eigenvalue weighted by Crippen LogP contribution is 2.38. The standard InChI is InChI=1S/C25H28ClFN4O3/c1-33-22-12-21-18(25(29-14-28-21)30-20-4-2-3-19(26)24(20)27)11-23(22)34-17-7-5-15(6-8-17)31-10-9-16(32)13-31/h2-4,11-12,14-17,32H,5-10,13H2,1H3,(H,28,29,30)/t15-,16-,17-/m1/s1. The first-order valence-electron chi connectivity index (χ1n) is 11.6. The Morgan fingerprint density at radius 2 is 1.94 bits per heavy atom. The predicted molar refractivity (Wildman–Crippen MR) is 130 cm³/mol. The van der Waals surface area contributed by atoms with E-state index in [9.17, 15) is 9.50 Å². The Morgan fingerprint density at radius 1 is 1.12 bits per heavy atom. The number of hydrogen-bond acceptors (Lipinski definition) is 7. The van der Waals surface area contributed by atoms with E-state index in [1.807, 2.05) is 12.1 Å². The van der Waals surface area contributed by atoms with Crippen molar-refractivity contribution in [3.63, 3.8) is 0 Å². The molecule has 2 fully saturated rings. The van der Waals surface area contributed by atoms with E-state index < -0.39 is 5.82 Å². The molecule has 1 aliphatic carbocycles. The summed E-state index contributed by atoms with van der Waals surface area (Å²) in [5.74, 6) is 1.12. The summed E-state index contributed by atoms with van der Waals surface area (Å²) < 4.78 is 26.4. The second kappa shape index (κ2) is 9.90. The molecule has 2 N–H and O–H groups in total. The van der Waals surface area contributed by atoms with Crippen molar-refractivity contribution in [3.8, 4) is 11.5 Å². The number of aliphatic hydroxyl groups is 1. The Bertz CT molecular complexity index is 1170. The first-order valence-corrected chi connectivity index (χ1v) is 12.0. The molecule has 0 spiro atoms. The Morgan fingerprint density at radius 3 is 2.68 bits per heavy atom. The van der Waals surface area contributed by atoms with Gasteiger partial charge in [0.1, 0.15) is 12.1 Å². The lowest BCUT2D eigenvalue weighted by Gasteiger charge is -2.34. The first-order chi connectivity index (χ1) is 16.5. The second-order valence-corrected chi connectivity index (χ2v) is 9.36. The van der Waals surface area contributed by atoms with Gasteiger partial charge in [-0.3, -0.25) is 4.90 Å². The highest BCUT2D eigenvalue weighted by atomic mass is 35.5. The number of likely N-dealkylation sites (tertiary alicyclic amines) is 1. The zero-order valence-electron chi connectivity index (χ0n) is 19.0. The van der Waals surface area contributed by atoms with Crippen LogP contribution in [0.25, 0.3) is 10.9 Å². The van der Waals surface area contributed by atoms with Gasteiger partial charge in [0, 0.05) is 30.6 Å². The molecule has 0 unspecified atom stereocenters. The summed E-state index contributed by atoms with van der Waals surface area (Å²) in [5, 5.41) is 13.6. The molecular weight excluding hydrogens is 459 g/mol. The number of aromatic nitrogens is 2. The van der Waals surface area contributed by atoms with E-state index in [-0.39, 0.29) is 22.9 Å². The van der Waals surface area contributed by atoms with E-state index in [2.05, 4.69) is 20.2 Å². The van der Waals surface area contributed by atoms with E-state index in [1.54, 1.807) is 19.2 Å². The van der Waals surface area contributed by atoms with Crippen molar-refractivity contribution in [3.05, 3.63) is 47.5 Å². The van der Waals surface area contributed by atoms with E-state index in [1.165, 1.54) is 12.4 Å². The fourth-order valence-electron chi connectivity index (χ4n) is 4.95. The molecule has 1 saturated heterocycles. The number of β-amino-alcohol motifs (C(OH)–C–C–N with tert-alkyl or cyclic N) is 1. The van der Waals surface area contributed by atoms with Gasteiger partial charge < -0.3 is 19.9 Å². The summed E-state index contributed by atoms with van der Waals surface area (Å²) in [4.78, 5) is 11.1. The molecule has 2 aliphatic rings. The zero-order valence-corrected chi connectivity index (χ0v) is 19.8. The molecule has 1 aliphatic heterocycles. The van der Waals surface area contributed by atoms with E-state index >= 15 is 0 Å². The van der Waals surface area contributed by atoms with Crippen molar-refractivity contribution in [1.29, 1.82) is 0 Å². The van der Waals surface area contributed by atoms with Crippen molar-refractivity contribution >= 4 is 34.0 Å². The van der Waals surface area contributed by atoms with Gasteiger partial charge in [0.2, 0.25) is 0 Å². The quantitative estimate of drug-likeness (QED) is 0.511. The number of rotatable bonds is 6. The molecule has 7 nitrogen and oxygen atoms in total. The molecule has 5 rings (SSSR count). The van der Waals surface area contributed by atoms with Gasteiger partial charge in [-0.2, -0.15) is 0 Å². The molecule has 0 amide bonds. The third-order valence-electron chi connectivity index (χ3n) is 6.77. The van der Waals surface area contributed by atoms with Crippen molar-refractivity contribution in [2.45, 2.75) is 50.4 Å². The largest absolute Gasteiger partial charge is 0.493 e. The van der Waals surface area contributed by atoms with E-state index in [0.717, 1.165) is 45.2 Å². The average molecular weight is 487 g/mol. The van der Waals surface area contributed by atoms with E-state index in [0.29, 0.717) is 34.3 Å². The average Bonchev–Trinajstić information content (AvgIpc) is 3.28. The van der Waals surface area contributed by atoms with Crippen molar-refractivity contribution in [2.75, 3.05) is 25.5 Å². The lowest BCUT2D eigenvalue weighted by Crippen LogP contribution is -2.39. The molecule has 2 heterocycles. The molecule has 1 saturated carbocycles. The summed E-state index contributed by atoms with van der Waals surface area (Å²) in [6.07, 6.45) is 6.11. The van der Waals surface area contributed by atoms with Gasteiger partial charge >= 0.3 is 0 Å². The fourth-order valence-corrected chi connectivity index (χ4v) is 5.13. The minimum atomic E-state index is -0.539. The van der Waals surface area contributed by atoms with Gasteiger partial charge in [-0.25, -0.2) is 14.4 Å². The number of aliphatic hydroxyl groups excluding tert-OH is 1. The number of benzene rings is 2. The molecule has 9 heteroatoms. The van der Waals surface area contributed by atoms with Crippen LogP contribution in [0.15, 0.2) is 36.7 Å². The Labute approximate surface area is 202 Å². The van der Waals surface area contributed by atoms with Gasteiger partial charge in [-0.05, 0) is 50.3 Å². The first kappa shape index (κ1) is 23.1. The SMILES string of the molecule is COc1cc2ncnc(Nc3cccc(Cl)c3F)c2cc1O[C@H]1CC[C@H](N2CC[C@@H](O)C2)CC1. The van der Waals surface area contributed by atoms with E-state index in [4.69, 9.17) is 21.1 Å². The maximum Gasteiger partial charge on any atom is 0.165 e. The van der Waals surface area contributed by atoms with Crippen molar-refractivity contribution < 1.29 is 19.0 Å². The molecule has 1 atom stereocenters. The number of nitrogens with zero attached hydrogens (tertiary/aromatic N) is 3. The third kappa shape index (κ3) is 4.76. The summed E-state index contributed by atoms with van der Waals surface area (Å²) in [7, 11) is 1.60. The minimum absolute atomic E-state index is 0.0353. The second-order valence-electron chi connectivity index (χ2n) is 8.95. The molecule has 3 aromatic rings. The normalized spacial score (nSPS) is 23.2. The minimum Gasteiger partial charge on any atom is -0.493 e. The molecule has 2 aromatic carbocycles. The lowest BCUT2D eigenvalue weighted by molar-refractivity contribution is 0.0887. The Kier molecular flexibility index (Phi) is 6.72. The Balaban J connectivity index is 1.36. The molecule has 1 aromatic heterocycles. The number of nitrogens with one attached hydrogen (secondary N) is 1. The van der Waals surface area contributed by atoms with Gasteiger partial charge in [-0.1, -0.05) is 17.7 Å². The van der Waals surface area contributed by atoms with Gasteiger partial charge in [0.15, 0.2) is 17.3 Å². The summed E-state index contributed by atoms with van der Waals surface area (Å²) in [6, 6.07) is 8.94. The number of ether oxygens (including phenoxy) is 2. The molecule has 34 heavy (non-hydrogen) atoms. The van der Waals surface area contributed by atoms with Gasteiger partial charge in [-0.15, -0.1) is 0 Å². The highest BCUT2D eigenvalue weighted by Gasteiger charge is 2.31. The zero-order chi connectivity index (χ0) is 23.7. The topological polar surface area (TPSA) is 79.7 Å². The van der Waals surface area contributed by atoms with Crippen LogP contribution in [0.2, 0.25) is 5.02 Å².